The van der Waals surface area contributed by atoms with E-state index in [1.165, 1.54) is 11.1 Å². The predicted octanol–water partition coefficient (Wildman–Crippen LogP) is 2.51. The first-order chi connectivity index (χ1) is 8.77. The molecule has 1 rings (SSSR count). The number of rotatable bonds is 9. The molecule has 0 bridgehead atoms. The first kappa shape index (κ1) is 15.2. The lowest BCUT2D eigenvalue weighted by molar-refractivity contribution is 0.0673. The Kier molecular flexibility index (Phi) is 7.65. The zero-order valence-electron chi connectivity index (χ0n) is 11.4. The third-order valence-electron chi connectivity index (χ3n) is 3.01. The zero-order valence-corrected chi connectivity index (χ0v) is 11.4. The third-order valence-corrected chi connectivity index (χ3v) is 3.01. The second-order valence-corrected chi connectivity index (χ2v) is 4.54. The van der Waals surface area contributed by atoms with Crippen molar-refractivity contribution >= 4 is 0 Å². The first-order valence-electron chi connectivity index (χ1n) is 6.52. The average Bonchev–Trinajstić information content (AvgIpc) is 2.38. The number of aryl methyl sites for hydroxylation is 1. The standard InChI is InChI=1S/C15H24O3/c1-13-5-3-6-14(11-13)15(12-16)7-4-8-18-10-9-17-2/h3,5-6,11,15-16H,4,7-10,12H2,1-2H3. The number of aliphatic hydroxyl groups excluding tert-OH is 1. The van der Waals surface area contributed by atoms with Gasteiger partial charge in [0.25, 0.3) is 0 Å². The highest BCUT2D eigenvalue weighted by molar-refractivity contribution is 5.25. The molecule has 0 saturated heterocycles. The molecule has 0 amide bonds. The van der Waals surface area contributed by atoms with Gasteiger partial charge in [-0.3, -0.25) is 0 Å². The van der Waals surface area contributed by atoms with Gasteiger partial charge in [-0.1, -0.05) is 29.8 Å². The van der Waals surface area contributed by atoms with Crippen LogP contribution in [0.4, 0.5) is 0 Å². The van der Waals surface area contributed by atoms with Crippen molar-refractivity contribution in [2.24, 2.45) is 0 Å². The van der Waals surface area contributed by atoms with Gasteiger partial charge in [0.1, 0.15) is 0 Å². The maximum Gasteiger partial charge on any atom is 0.0700 e. The number of hydrogen-bond donors (Lipinski definition) is 1. The van der Waals surface area contributed by atoms with Gasteiger partial charge < -0.3 is 14.6 Å². The van der Waals surface area contributed by atoms with Gasteiger partial charge in [-0.2, -0.15) is 0 Å². The topological polar surface area (TPSA) is 38.7 Å². The minimum absolute atomic E-state index is 0.196. The summed E-state index contributed by atoms with van der Waals surface area (Å²) < 4.78 is 10.3. The first-order valence-corrected chi connectivity index (χ1v) is 6.52. The minimum atomic E-state index is 0.196. The Labute approximate surface area is 110 Å². The SMILES string of the molecule is COCCOCCCC(CO)c1cccc(C)c1. The van der Waals surface area contributed by atoms with E-state index in [4.69, 9.17) is 9.47 Å². The molecule has 1 unspecified atom stereocenters. The Morgan fingerprint density at radius 3 is 2.72 bits per heavy atom. The van der Waals surface area contributed by atoms with Gasteiger partial charge in [-0.15, -0.1) is 0 Å². The van der Waals surface area contributed by atoms with Crippen LogP contribution in [0.5, 0.6) is 0 Å². The second kappa shape index (κ2) is 9.09. The van der Waals surface area contributed by atoms with Gasteiger partial charge in [-0.25, -0.2) is 0 Å². The summed E-state index contributed by atoms with van der Waals surface area (Å²) in [6.07, 6.45) is 1.91. The van der Waals surface area contributed by atoms with Crippen LogP contribution in [0.3, 0.4) is 0 Å². The molecule has 102 valence electrons. The van der Waals surface area contributed by atoms with Crippen LogP contribution in [0, 0.1) is 6.92 Å². The Balaban J connectivity index is 2.29. The smallest absolute Gasteiger partial charge is 0.0700 e. The van der Waals surface area contributed by atoms with Crippen LogP contribution < -0.4 is 0 Å². The van der Waals surface area contributed by atoms with Crippen molar-refractivity contribution in [3.8, 4) is 0 Å². The molecule has 1 aromatic rings. The van der Waals surface area contributed by atoms with Crippen molar-refractivity contribution < 1.29 is 14.6 Å². The van der Waals surface area contributed by atoms with E-state index >= 15 is 0 Å². The lowest BCUT2D eigenvalue weighted by Gasteiger charge is -2.15. The molecule has 0 saturated carbocycles. The Morgan fingerprint density at radius 1 is 1.22 bits per heavy atom. The van der Waals surface area contributed by atoms with Crippen molar-refractivity contribution in [2.75, 3.05) is 33.5 Å². The molecular weight excluding hydrogens is 228 g/mol. The number of ether oxygens (including phenoxy) is 2. The monoisotopic (exact) mass is 252 g/mol. The molecule has 0 radical (unpaired) electrons. The second-order valence-electron chi connectivity index (χ2n) is 4.54. The fourth-order valence-corrected chi connectivity index (χ4v) is 1.96. The number of aliphatic hydroxyl groups is 1. The highest BCUT2D eigenvalue weighted by Crippen LogP contribution is 2.21. The maximum absolute atomic E-state index is 9.45. The van der Waals surface area contributed by atoms with Gasteiger partial charge in [-0.05, 0) is 25.3 Å². The van der Waals surface area contributed by atoms with E-state index in [-0.39, 0.29) is 12.5 Å². The molecule has 1 atom stereocenters. The van der Waals surface area contributed by atoms with Gasteiger partial charge in [0, 0.05) is 26.2 Å². The summed E-state index contributed by atoms with van der Waals surface area (Å²) in [4.78, 5) is 0. The van der Waals surface area contributed by atoms with E-state index in [1.54, 1.807) is 7.11 Å². The van der Waals surface area contributed by atoms with Crippen molar-refractivity contribution in [2.45, 2.75) is 25.7 Å². The molecule has 3 heteroatoms. The van der Waals surface area contributed by atoms with Crippen molar-refractivity contribution in [1.82, 2.24) is 0 Å². The van der Waals surface area contributed by atoms with Crippen molar-refractivity contribution in [1.29, 1.82) is 0 Å². The van der Waals surface area contributed by atoms with E-state index < -0.39 is 0 Å². The fourth-order valence-electron chi connectivity index (χ4n) is 1.96. The Bertz CT molecular complexity index is 325. The van der Waals surface area contributed by atoms with Crippen molar-refractivity contribution in [3.63, 3.8) is 0 Å². The largest absolute Gasteiger partial charge is 0.396 e. The minimum Gasteiger partial charge on any atom is -0.396 e. The lowest BCUT2D eigenvalue weighted by Crippen LogP contribution is -2.08. The zero-order chi connectivity index (χ0) is 13.2. The van der Waals surface area contributed by atoms with Crippen LogP contribution in [0.15, 0.2) is 24.3 Å². The molecular formula is C15H24O3. The third kappa shape index (κ3) is 5.63. The normalized spacial score (nSPS) is 12.6. The predicted molar refractivity (Wildman–Crippen MR) is 72.9 cm³/mol. The summed E-state index contributed by atoms with van der Waals surface area (Å²) >= 11 is 0. The van der Waals surface area contributed by atoms with Gasteiger partial charge >= 0.3 is 0 Å². The summed E-state index contributed by atoms with van der Waals surface area (Å²) in [6, 6.07) is 8.35. The molecule has 1 aromatic carbocycles. The summed E-state index contributed by atoms with van der Waals surface area (Å²) in [5.41, 5.74) is 2.46. The Morgan fingerprint density at radius 2 is 2.06 bits per heavy atom. The quantitative estimate of drug-likeness (QED) is 0.686. The lowest BCUT2D eigenvalue weighted by atomic mass is 9.94. The van der Waals surface area contributed by atoms with Crippen molar-refractivity contribution in [3.05, 3.63) is 35.4 Å². The van der Waals surface area contributed by atoms with Crippen LogP contribution in [0.25, 0.3) is 0 Å². The molecule has 0 aromatic heterocycles. The van der Waals surface area contributed by atoms with Crippen LogP contribution in [0.2, 0.25) is 0 Å². The summed E-state index contributed by atoms with van der Waals surface area (Å²) in [6.45, 7) is 4.28. The molecule has 0 fully saturated rings. The number of benzene rings is 1. The average molecular weight is 252 g/mol. The maximum atomic E-state index is 9.45. The van der Waals surface area contributed by atoms with E-state index in [9.17, 15) is 5.11 Å². The molecule has 0 aliphatic carbocycles. The van der Waals surface area contributed by atoms with E-state index in [1.807, 2.05) is 6.07 Å². The molecule has 3 nitrogen and oxygen atoms in total. The number of methoxy groups -OCH3 is 1. The van der Waals surface area contributed by atoms with Crippen LogP contribution in [-0.2, 0) is 9.47 Å². The molecule has 0 spiro atoms. The summed E-state index contributed by atoms with van der Waals surface area (Å²) in [7, 11) is 1.67. The summed E-state index contributed by atoms with van der Waals surface area (Å²) in [5.74, 6) is 0.218. The Hall–Kier alpha value is -0.900. The van der Waals surface area contributed by atoms with Gasteiger partial charge in [0.15, 0.2) is 0 Å². The molecule has 0 aliphatic rings. The molecule has 0 aliphatic heterocycles. The van der Waals surface area contributed by atoms with Crippen LogP contribution in [-0.4, -0.2) is 38.6 Å². The molecule has 18 heavy (non-hydrogen) atoms. The van der Waals surface area contributed by atoms with Crippen LogP contribution >= 0.6 is 0 Å². The summed E-state index contributed by atoms with van der Waals surface area (Å²) in [5, 5.41) is 9.45. The number of hydrogen-bond acceptors (Lipinski definition) is 3. The highest BCUT2D eigenvalue weighted by Gasteiger charge is 2.10. The van der Waals surface area contributed by atoms with E-state index in [0.29, 0.717) is 13.2 Å². The highest BCUT2D eigenvalue weighted by atomic mass is 16.5. The molecule has 0 heterocycles. The van der Waals surface area contributed by atoms with Gasteiger partial charge in [0.2, 0.25) is 0 Å². The molecule has 1 N–H and O–H groups in total. The van der Waals surface area contributed by atoms with Gasteiger partial charge in [0.05, 0.1) is 13.2 Å². The fraction of sp³-hybridized carbons (Fsp3) is 0.600. The van der Waals surface area contributed by atoms with E-state index in [2.05, 4.69) is 25.1 Å². The van der Waals surface area contributed by atoms with Crippen LogP contribution in [0.1, 0.15) is 29.9 Å². The van der Waals surface area contributed by atoms with E-state index in [0.717, 1.165) is 19.4 Å².